The summed E-state index contributed by atoms with van der Waals surface area (Å²) >= 11 is 0. The third-order valence-corrected chi connectivity index (χ3v) is 16.0. The van der Waals surface area contributed by atoms with Crippen LogP contribution < -0.4 is 0 Å². The number of allylic oxidation sites excluding steroid dienone is 20. The first kappa shape index (κ1) is 82.4. The standard InChI is InChI=1S/C76H132NO8P/c1-6-8-10-12-14-16-18-20-22-24-26-28-30-32-33-34-35-36-37-38-39-40-41-42-43-45-47-49-51-53-55-57-59-61-63-65-67-69-76(79)85-74(73-84-86(80,81)83-71-70-77(3,4)5)72-82-75(78)68-66-64-62-60-58-56-54-52-50-48-46-44-31-29-27-25-23-21-19-17-15-13-11-9-7-2/h8-11,14-17,20-23,26-29,32-33,44,46,74H,6-7,12-13,18-19,24-25,30-31,34-43,45,47-73H2,1-5H3/p+1/b10-8-,11-9-,16-14-,17-15-,22-20-,23-21-,28-26-,29-27-,33-32-,46-44-. The average molecular weight is 1220 g/mol. The Hall–Kier alpha value is -3.59. The normalized spacial score (nSPS) is 13.9. The summed E-state index contributed by atoms with van der Waals surface area (Å²) in [7, 11) is 1.47. The summed E-state index contributed by atoms with van der Waals surface area (Å²) in [6.07, 6.45) is 94.5. The van der Waals surface area contributed by atoms with E-state index in [0.717, 1.165) is 109 Å². The summed E-state index contributed by atoms with van der Waals surface area (Å²) < 4.78 is 34.7. The van der Waals surface area contributed by atoms with E-state index < -0.39 is 26.5 Å². The molecule has 0 bridgehead atoms. The van der Waals surface area contributed by atoms with Crippen LogP contribution in [0.1, 0.15) is 296 Å². The second-order valence-electron chi connectivity index (χ2n) is 24.5. The first-order valence-electron chi connectivity index (χ1n) is 35.3. The lowest BCUT2D eigenvalue weighted by molar-refractivity contribution is -0.870. The Morgan fingerprint density at radius 2 is 0.628 bits per heavy atom. The van der Waals surface area contributed by atoms with Crippen LogP contribution in [0, 0.1) is 0 Å². The molecular weight excluding hydrogens is 1090 g/mol. The number of quaternary nitrogens is 1. The van der Waals surface area contributed by atoms with Crippen molar-refractivity contribution >= 4 is 19.8 Å². The third-order valence-electron chi connectivity index (χ3n) is 15.0. The fraction of sp³-hybridized carbons (Fsp3) is 0.711. The SMILES string of the molecule is CC/C=C\C/C=C\C/C=C\C/C=C\C/C=C\CCCCCCCCCCCCCCCCCCCCCCCC(=O)OC(COC(=O)CCCCCCCCCCC/C=C\C/C=C\C/C=C\C/C=C\C/C=C\CC)COP(=O)(O)OCC[N+](C)(C)C. The number of unbranched alkanes of at least 4 members (excludes halogenated alkanes) is 30. The molecule has 0 aliphatic carbocycles. The highest BCUT2D eigenvalue weighted by molar-refractivity contribution is 7.47. The van der Waals surface area contributed by atoms with Gasteiger partial charge in [0.05, 0.1) is 27.7 Å². The van der Waals surface area contributed by atoms with E-state index in [9.17, 15) is 19.0 Å². The van der Waals surface area contributed by atoms with Gasteiger partial charge in [0.15, 0.2) is 6.10 Å². The molecule has 0 aromatic carbocycles. The molecule has 2 atom stereocenters. The molecule has 0 heterocycles. The Morgan fingerprint density at radius 1 is 0.360 bits per heavy atom. The van der Waals surface area contributed by atoms with E-state index in [1.165, 1.54) is 154 Å². The fourth-order valence-electron chi connectivity index (χ4n) is 9.66. The third kappa shape index (κ3) is 69.5. The van der Waals surface area contributed by atoms with E-state index in [2.05, 4.69) is 135 Å². The van der Waals surface area contributed by atoms with E-state index in [0.29, 0.717) is 17.4 Å². The molecule has 0 saturated heterocycles. The van der Waals surface area contributed by atoms with Gasteiger partial charge in [0.25, 0.3) is 0 Å². The molecule has 86 heavy (non-hydrogen) atoms. The Kier molecular flexibility index (Phi) is 63.1. The molecule has 494 valence electrons. The molecule has 9 nitrogen and oxygen atoms in total. The minimum Gasteiger partial charge on any atom is -0.462 e. The van der Waals surface area contributed by atoms with E-state index in [-0.39, 0.29) is 32.0 Å². The smallest absolute Gasteiger partial charge is 0.462 e. The highest BCUT2D eigenvalue weighted by atomic mass is 31.2. The van der Waals surface area contributed by atoms with Gasteiger partial charge in [-0.3, -0.25) is 18.6 Å². The number of phosphoric acid groups is 1. The fourth-order valence-corrected chi connectivity index (χ4v) is 10.4. The van der Waals surface area contributed by atoms with Crippen LogP contribution in [0.2, 0.25) is 0 Å². The number of ether oxygens (including phenoxy) is 2. The van der Waals surface area contributed by atoms with Crippen molar-refractivity contribution in [3.05, 3.63) is 122 Å². The minimum absolute atomic E-state index is 0.0272. The topological polar surface area (TPSA) is 108 Å². The van der Waals surface area contributed by atoms with Gasteiger partial charge in [-0.1, -0.05) is 302 Å². The lowest BCUT2D eigenvalue weighted by Gasteiger charge is -2.24. The van der Waals surface area contributed by atoms with Crippen molar-refractivity contribution in [3.63, 3.8) is 0 Å². The summed E-state index contributed by atoms with van der Waals surface area (Å²) in [6, 6.07) is 0. The Labute approximate surface area is 530 Å². The largest absolute Gasteiger partial charge is 0.472 e. The maximum absolute atomic E-state index is 12.9. The lowest BCUT2D eigenvalue weighted by Crippen LogP contribution is -2.37. The number of carbonyl (C=O) groups is 2. The van der Waals surface area contributed by atoms with Crippen molar-refractivity contribution in [2.24, 2.45) is 0 Å². The molecule has 0 aromatic heterocycles. The lowest BCUT2D eigenvalue weighted by atomic mass is 10.0. The van der Waals surface area contributed by atoms with Crippen LogP contribution in [-0.2, 0) is 32.7 Å². The van der Waals surface area contributed by atoms with Gasteiger partial charge >= 0.3 is 19.8 Å². The second kappa shape index (κ2) is 65.8. The van der Waals surface area contributed by atoms with E-state index >= 15 is 0 Å². The quantitative estimate of drug-likeness (QED) is 0.0211. The molecule has 10 heteroatoms. The molecule has 2 unspecified atom stereocenters. The molecule has 0 aromatic rings. The second-order valence-corrected chi connectivity index (χ2v) is 26.0. The maximum atomic E-state index is 12.9. The molecule has 0 spiro atoms. The molecule has 0 aliphatic heterocycles. The van der Waals surface area contributed by atoms with E-state index in [4.69, 9.17) is 18.5 Å². The molecule has 0 radical (unpaired) electrons. The van der Waals surface area contributed by atoms with Crippen molar-refractivity contribution in [2.45, 2.75) is 302 Å². The highest BCUT2D eigenvalue weighted by Gasteiger charge is 2.27. The van der Waals surface area contributed by atoms with E-state index in [1.54, 1.807) is 0 Å². The zero-order chi connectivity index (χ0) is 62.6. The number of esters is 2. The van der Waals surface area contributed by atoms with Gasteiger partial charge in [0, 0.05) is 12.8 Å². The van der Waals surface area contributed by atoms with Gasteiger partial charge in [-0.15, -0.1) is 0 Å². The predicted octanol–water partition coefficient (Wildman–Crippen LogP) is 23.0. The summed E-state index contributed by atoms with van der Waals surface area (Å²) in [5.41, 5.74) is 0. The highest BCUT2D eigenvalue weighted by Crippen LogP contribution is 2.43. The van der Waals surface area contributed by atoms with Gasteiger partial charge < -0.3 is 18.9 Å². The molecule has 0 saturated carbocycles. The molecule has 0 rings (SSSR count). The zero-order valence-corrected chi connectivity index (χ0v) is 57.2. The first-order chi connectivity index (χ1) is 42.0. The Bertz CT molecular complexity index is 1870. The molecule has 1 N–H and O–H groups in total. The number of likely N-dealkylation sites (N-methyl/N-ethyl adjacent to an activating group) is 1. The van der Waals surface area contributed by atoms with Crippen LogP contribution in [0.15, 0.2) is 122 Å². The van der Waals surface area contributed by atoms with Crippen LogP contribution >= 0.6 is 7.82 Å². The number of hydrogen-bond acceptors (Lipinski definition) is 7. The van der Waals surface area contributed by atoms with Gasteiger partial charge in [-0.2, -0.15) is 0 Å². The van der Waals surface area contributed by atoms with Gasteiger partial charge in [-0.25, -0.2) is 4.57 Å². The minimum atomic E-state index is -4.40. The maximum Gasteiger partial charge on any atom is 0.472 e. The number of phosphoric ester groups is 1. The number of carbonyl (C=O) groups excluding carboxylic acids is 2. The number of rotatable bonds is 64. The summed E-state index contributed by atoms with van der Waals surface area (Å²) in [6.45, 7) is 4.22. The van der Waals surface area contributed by atoms with Crippen LogP contribution in [0.5, 0.6) is 0 Å². The van der Waals surface area contributed by atoms with Crippen molar-refractivity contribution in [3.8, 4) is 0 Å². The average Bonchev–Trinajstić information content (AvgIpc) is 3.67. The van der Waals surface area contributed by atoms with Crippen LogP contribution in [0.4, 0.5) is 0 Å². The van der Waals surface area contributed by atoms with Gasteiger partial charge in [0.2, 0.25) is 0 Å². The summed E-state index contributed by atoms with van der Waals surface area (Å²) in [5, 5.41) is 0. The molecular formula is C76H133NO8P+. The first-order valence-corrected chi connectivity index (χ1v) is 36.8. The van der Waals surface area contributed by atoms with Gasteiger partial charge in [-0.05, 0) is 103 Å². The number of nitrogens with zero attached hydrogens (tertiary/aromatic N) is 1. The molecule has 0 amide bonds. The Balaban J connectivity index is 4.02. The van der Waals surface area contributed by atoms with E-state index in [1.807, 2.05) is 21.1 Å². The summed E-state index contributed by atoms with van der Waals surface area (Å²) in [5.74, 6) is -0.799. The van der Waals surface area contributed by atoms with Crippen molar-refractivity contribution in [1.82, 2.24) is 0 Å². The van der Waals surface area contributed by atoms with Crippen molar-refractivity contribution in [1.29, 1.82) is 0 Å². The van der Waals surface area contributed by atoms with Crippen molar-refractivity contribution < 1.29 is 42.1 Å². The van der Waals surface area contributed by atoms with Crippen molar-refractivity contribution in [2.75, 3.05) is 47.5 Å². The monoisotopic (exact) mass is 1220 g/mol. The predicted molar refractivity (Wildman–Crippen MR) is 371 cm³/mol. The van der Waals surface area contributed by atoms with Crippen LogP contribution in [0.3, 0.4) is 0 Å². The van der Waals surface area contributed by atoms with Crippen LogP contribution in [0.25, 0.3) is 0 Å². The van der Waals surface area contributed by atoms with Gasteiger partial charge in [0.1, 0.15) is 19.8 Å². The molecule has 0 aliphatic rings. The van der Waals surface area contributed by atoms with Crippen LogP contribution in [-0.4, -0.2) is 74.9 Å². The Morgan fingerprint density at radius 3 is 0.930 bits per heavy atom. The molecule has 0 fully saturated rings. The summed E-state index contributed by atoms with van der Waals surface area (Å²) in [4.78, 5) is 35.9. The number of hydrogen-bond donors (Lipinski definition) is 1. The zero-order valence-electron chi connectivity index (χ0n) is 56.3.